The maximum absolute atomic E-state index is 11.9. The van der Waals surface area contributed by atoms with Crippen molar-refractivity contribution >= 4 is 16.9 Å². The van der Waals surface area contributed by atoms with Gasteiger partial charge in [-0.1, -0.05) is 48.5 Å². The van der Waals surface area contributed by atoms with Crippen LogP contribution in [0.5, 0.6) is 0 Å². The molecule has 0 aliphatic heterocycles. The first-order valence-corrected chi connectivity index (χ1v) is 10.5. The Hall–Kier alpha value is -3.72. The molecule has 2 aromatic carbocycles. The number of aromatic carboxylic acids is 1. The zero-order chi connectivity index (χ0) is 24.7. The van der Waals surface area contributed by atoms with Gasteiger partial charge in [0.2, 0.25) is 0 Å². The van der Waals surface area contributed by atoms with E-state index in [-0.39, 0.29) is 12.1 Å². The average Bonchev–Trinajstić information content (AvgIpc) is 3.19. The van der Waals surface area contributed by atoms with Crippen molar-refractivity contribution < 1.29 is 23.1 Å². The second kappa shape index (κ2) is 10.9. The minimum atomic E-state index is -4.19. The van der Waals surface area contributed by atoms with Crippen molar-refractivity contribution in [2.24, 2.45) is 0 Å². The van der Waals surface area contributed by atoms with Crippen LogP contribution >= 0.6 is 0 Å². The van der Waals surface area contributed by atoms with Crippen molar-refractivity contribution in [2.45, 2.75) is 26.4 Å². The van der Waals surface area contributed by atoms with Gasteiger partial charge in [-0.2, -0.15) is 13.2 Å². The lowest BCUT2D eigenvalue weighted by molar-refractivity contribution is -0.113. The fourth-order valence-electron chi connectivity index (χ4n) is 3.38. The summed E-state index contributed by atoms with van der Waals surface area (Å²) in [5, 5.41) is 13.6. The van der Waals surface area contributed by atoms with Crippen molar-refractivity contribution in [3.63, 3.8) is 0 Å². The standard InChI is InChI=1S/C13H12N2O2.C12H12F3N2/c1-8-4-3-5-10(6-8)12-11(13(16)17)7-14-9(2)15-12;13-12(14,15)8-16-6-5-9-7-17-11-4-2-1-3-10(9)11/h3-7H,1-2H3,(H,16,17);1-4,7,17H,5-6,8H2/q;-1. The Labute approximate surface area is 194 Å². The number of nitrogens with one attached hydrogen (secondary N) is 1. The number of nitrogens with zero attached hydrogens (tertiary/aromatic N) is 3. The predicted octanol–water partition coefficient (Wildman–Crippen LogP) is 6.11. The van der Waals surface area contributed by atoms with Crippen LogP contribution in [0.4, 0.5) is 13.2 Å². The van der Waals surface area contributed by atoms with E-state index in [4.69, 9.17) is 5.11 Å². The maximum atomic E-state index is 11.9. The van der Waals surface area contributed by atoms with Crippen LogP contribution in [0.15, 0.2) is 60.9 Å². The molecule has 2 N–H and O–H groups in total. The van der Waals surface area contributed by atoms with Crippen LogP contribution in [0.2, 0.25) is 0 Å². The SMILES string of the molecule is Cc1cccc(-c2nc(C)ncc2C(=O)O)c1.FC(F)(F)C[N-]CCc1c[nH]c2ccccc12. The van der Waals surface area contributed by atoms with Gasteiger partial charge in [0.1, 0.15) is 11.4 Å². The number of aromatic amines is 1. The van der Waals surface area contributed by atoms with Crippen molar-refractivity contribution in [3.05, 3.63) is 88.8 Å². The molecule has 0 aliphatic rings. The molecule has 0 saturated carbocycles. The van der Waals surface area contributed by atoms with E-state index in [0.29, 0.717) is 17.9 Å². The fourth-order valence-corrected chi connectivity index (χ4v) is 3.38. The average molecular weight is 469 g/mol. The Morgan fingerprint density at radius 1 is 1.12 bits per heavy atom. The third-order valence-electron chi connectivity index (χ3n) is 4.94. The van der Waals surface area contributed by atoms with Crippen LogP contribution in [0.3, 0.4) is 0 Å². The molecular formula is C25H24F3N4O2-. The Kier molecular flexibility index (Phi) is 8.01. The van der Waals surface area contributed by atoms with Gasteiger partial charge in [-0.25, -0.2) is 14.8 Å². The van der Waals surface area contributed by atoms with Crippen molar-refractivity contribution in [1.29, 1.82) is 0 Å². The molecule has 0 amide bonds. The van der Waals surface area contributed by atoms with E-state index in [1.807, 2.05) is 61.7 Å². The molecule has 34 heavy (non-hydrogen) atoms. The molecule has 9 heteroatoms. The highest BCUT2D eigenvalue weighted by atomic mass is 19.4. The van der Waals surface area contributed by atoms with E-state index in [0.717, 1.165) is 27.6 Å². The largest absolute Gasteiger partial charge is 0.655 e. The number of alkyl halides is 3. The van der Waals surface area contributed by atoms with Gasteiger partial charge in [0, 0.05) is 28.9 Å². The third kappa shape index (κ3) is 6.89. The molecule has 0 unspecified atom stereocenters. The number of carbonyl (C=O) groups is 1. The number of carboxylic acid groups (broad SMARTS) is 1. The molecule has 2 heterocycles. The highest BCUT2D eigenvalue weighted by molar-refractivity contribution is 5.94. The maximum Gasteiger partial charge on any atom is 0.371 e. The number of rotatable bonds is 6. The number of para-hydroxylation sites is 1. The van der Waals surface area contributed by atoms with Gasteiger partial charge < -0.3 is 15.4 Å². The number of fused-ring (bicyclic) bond motifs is 1. The summed E-state index contributed by atoms with van der Waals surface area (Å²) in [4.78, 5) is 22.3. The van der Waals surface area contributed by atoms with Gasteiger partial charge in [0.15, 0.2) is 0 Å². The smallest absolute Gasteiger partial charge is 0.371 e. The Bertz CT molecular complexity index is 1270. The van der Waals surface area contributed by atoms with Crippen LogP contribution in [0.25, 0.3) is 27.5 Å². The van der Waals surface area contributed by atoms with Crippen molar-refractivity contribution in [1.82, 2.24) is 15.0 Å². The summed E-state index contributed by atoms with van der Waals surface area (Å²) in [7, 11) is 0. The van der Waals surface area contributed by atoms with E-state index in [1.54, 1.807) is 6.92 Å². The molecule has 0 fully saturated rings. The monoisotopic (exact) mass is 469 g/mol. The van der Waals surface area contributed by atoms with Gasteiger partial charge in [-0.3, -0.25) is 0 Å². The zero-order valence-electron chi connectivity index (χ0n) is 18.7. The first kappa shape index (κ1) is 24.9. The summed E-state index contributed by atoms with van der Waals surface area (Å²) < 4.78 is 35.6. The summed E-state index contributed by atoms with van der Waals surface area (Å²) in [6, 6.07) is 15.3. The van der Waals surface area contributed by atoms with Gasteiger partial charge in [0.25, 0.3) is 0 Å². The van der Waals surface area contributed by atoms with Gasteiger partial charge in [0.05, 0.1) is 5.69 Å². The van der Waals surface area contributed by atoms with Crippen molar-refractivity contribution in [2.75, 3.05) is 13.1 Å². The molecule has 178 valence electrons. The quantitative estimate of drug-likeness (QED) is 0.334. The number of halogens is 3. The minimum Gasteiger partial charge on any atom is -0.655 e. The van der Waals surface area contributed by atoms with Gasteiger partial charge in [-0.15, -0.1) is 6.54 Å². The van der Waals surface area contributed by atoms with Gasteiger partial charge in [-0.05, 0) is 38.0 Å². The molecule has 0 saturated heterocycles. The molecule has 0 atom stereocenters. The Morgan fingerprint density at radius 3 is 2.59 bits per heavy atom. The number of H-pyrrole nitrogens is 1. The van der Waals surface area contributed by atoms with E-state index < -0.39 is 18.7 Å². The van der Waals surface area contributed by atoms with Crippen molar-refractivity contribution in [3.8, 4) is 11.3 Å². The number of aryl methyl sites for hydroxylation is 2. The third-order valence-corrected chi connectivity index (χ3v) is 4.94. The predicted molar refractivity (Wildman–Crippen MR) is 125 cm³/mol. The summed E-state index contributed by atoms with van der Waals surface area (Å²) in [5.41, 5.74) is 4.46. The first-order valence-electron chi connectivity index (χ1n) is 10.5. The second-order valence-electron chi connectivity index (χ2n) is 7.68. The second-order valence-corrected chi connectivity index (χ2v) is 7.68. The lowest BCUT2D eigenvalue weighted by Gasteiger charge is -2.20. The van der Waals surface area contributed by atoms with Crippen LogP contribution in [-0.2, 0) is 6.42 Å². The van der Waals surface area contributed by atoms with Crippen LogP contribution in [0.1, 0.15) is 27.3 Å². The number of aromatic nitrogens is 3. The normalized spacial score (nSPS) is 11.2. The van der Waals surface area contributed by atoms with E-state index in [9.17, 15) is 18.0 Å². The van der Waals surface area contributed by atoms with Crippen LogP contribution in [-0.4, -0.2) is 45.3 Å². The minimum absolute atomic E-state index is 0.126. The van der Waals surface area contributed by atoms with E-state index in [2.05, 4.69) is 20.3 Å². The highest BCUT2D eigenvalue weighted by Crippen LogP contribution is 2.22. The number of hydrogen-bond acceptors (Lipinski definition) is 3. The first-order chi connectivity index (χ1) is 16.1. The number of benzene rings is 2. The molecule has 4 aromatic rings. The lowest BCUT2D eigenvalue weighted by atomic mass is 10.0. The summed E-state index contributed by atoms with van der Waals surface area (Å²) in [5.74, 6) is -0.451. The lowest BCUT2D eigenvalue weighted by Crippen LogP contribution is -2.14. The molecule has 0 radical (unpaired) electrons. The number of carboxylic acids is 1. The number of hydrogen-bond donors (Lipinski definition) is 2. The molecule has 2 aromatic heterocycles. The molecule has 6 nitrogen and oxygen atoms in total. The zero-order valence-corrected chi connectivity index (χ0v) is 18.7. The molecule has 0 bridgehead atoms. The molecular weight excluding hydrogens is 445 g/mol. The van der Waals surface area contributed by atoms with Crippen LogP contribution in [0, 0.1) is 13.8 Å². The van der Waals surface area contributed by atoms with Gasteiger partial charge >= 0.3 is 12.1 Å². The van der Waals surface area contributed by atoms with E-state index >= 15 is 0 Å². The summed E-state index contributed by atoms with van der Waals surface area (Å²) in [6.45, 7) is 2.83. The molecule has 4 rings (SSSR count). The summed E-state index contributed by atoms with van der Waals surface area (Å²) in [6.07, 6.45) is -0.490. The Balaban J connectivity index is 0.000000191. The molecule has 0 aliphatic carbocycles. The topological polar surface area (TPSA) is 93.0 Å². The fraction of sp³-hybridized carbons (Fsp3) is 0.240. The molecule has 0 spiro atoms. The summed E-state index contributed by atoms with van der Waals surface area (Å²) >= 11 is 0. The van der Waals surface area contributed by atoms with E-state index in [1.165, 1.54) is 6.20 Å². The Morgan fingerprint density at radius 2 is 1.88 bits per heavy atom. The highest BCUT2D eigenvalue weighted by Gasteiger charge is 2.20. The van der Waals surface area contributed by atoms with Crippen LogP contribution < -0.4 is 0 Å².